The van der Waals surface area contributed by atoms with E-state index in [0.29, 0.717) is 41.9 Å². The van der Waals surface area contributed by atoms with Crippen LogP contribution < -0.4 is 16.2 Å². The Kier molecular flexibility index (Phi) is 9.96. The fourth-order valence-corrected chi connectivity index (χ4v) is 3.34. The molecule has 24 heavy (non-hydrogen) atoms. The van der Waals surface area contributed by atoms with Gasteiger partial charge in [-0.15, -0.1) is 35.5 Å². The molecule has 0 unspecified atom stereocenters. The van der Waals surface area contributed by atoms with Gasteiger partial charge in [0.05, 0.1) is 18.1 Å². The second kappa shape index (κ2) is 11.4. The largest absolute Gasteiger partial charge is 0.383 e. The fourth-order valence-electron chi connectivity index (χ4n) is 1.85. The quantitative estimate of drug-likeness (QED) is 0.581. The van der Waals surface area contributed by atoms with Crippen LogP contribution in [-0.2, 0) is 15.3 Å². The molecule has 134 valence electrons. The number of thiazole rings is 1. The minimum absolute atomic E-state index is 0. The van der Waals surface area contributed by atoms with Crippen LogP contribution in [-0.4, -0.2) is 54.4 Å². The topological polar surface area (TPSA) is 84.7 Å². The summed E-state index contributed by atoms with van der Waals surface area (Å²) in [5.41, 5.74) is 0.620. The van der Waals surface area contributed by atoms with Crippen LogP contribution in [0.25, 0.3) is 4.96 Å². The molecule has 0 aliphatic heterocycles. The lowest BCUT2D eigenvalue weighted by molar-refractivity contribution is -0.118. The molecule has 2 rings (SSSR count). The Labute approximate surface area is 154 Å². The van der Waals surface area contributed by atoms with Crippen LogP contribution in [0.4, 0.5) is 0 Å². The maximum atomic E-state index is 11.8. The number of nitrogens with zero attached hydrogens (tertiary/aromatic N) is 2. The Balaban J connectivity index is 0.00000288. The molecule has 0 atom stereocenters. The molecule has 0 bridgehead atoms. The fraction of sp³-hybridized carbons (Fsp3) is 0.500. The Hall–Kier alpha value is -1.13. The van der Waals surface area contributed by atoms with Gasteiger partial charge < -0.3 is 15.4 Å². The number of hydrogen-bond donors (Lipinski definition) is 2. The number of carbonyl (C=O) groups is 1. The summed E-state index contributed by atoms with van der Waals surface area (Å²) in [5, 5.41) is 7.82. The Bertz CT molecular complexity index is 692. The third-order valence-electron chi connectivity index (χ3n) is 2.95. The van der Waals surface area contributed by atoms with E-state index in [9.17, 15) is 9.59 Å². The van der Waals surface area contributed by atoms with E-state index in [4.69, 9.17) is 4.74 Å². The van der Waals surface area contributed by atoms with Gasteiger partial charge in [-0.25, -0.2) is 4.98 Å². The molecule has 0 spiro atoms. The number of thioether (sulfide) groups is 1. The standard InChI is InChI=1S/C14H20N4O3S2.ClH/c1-21-6-4-15-2-3-16-12(19)10-22-9-11-8-13(20)18-5-7-23-14(18)17-11;/h5,7-8,15H,2-4,6,9-10H2,1H3,(H,16,19);1H. The van der Waals surface area contributed by atoms with Crippen LogP contribution in [0.15, 0.2) is 22.4 Å². The lowest BCUT2D eigenvalue weighted by atomic mass is 10.4. The second-order valence-corrected chi connectivity index (χ2v) is 6.59. The summed E-state index contributed by atoms with van der Waals surface area (Å²) in [6, 6.07) is 1.52. The molecule has 0 fully saturated rings. The van der Waals surface area contributed by atoms with Crippen LogP contribution in [0, 0.1) is 0 Å². The van der Waals surface area contributed by atoms with Gasteiger partial charge in [0.15, 0.2) is 4.96 Å². The van der Waals surface area contributed by atoms with E-state index in [2.05, 4.69) is 15.6 Å². The second-order valence-electron chi connectivity index (χ2n) is 4.73. The van der Waals surface area contributed by atoms with Gasteiger partial charge in [-0.2, -0.15) is 0 Å². The molecule has 10 heteroatoms. The predicted octanol–water partition coefficient (Wildman–Crippen LogP) is 0.763. The van der Waals surface area contributed by atoms with Crippen LogP contribution in [0.5, 0.6) is 0 Å². The number of rotatable bonds is 10. The molecule has 0 aliphatic carbocycles. The number of nitrogens with one attached hydrogen (secondary N) is 2. The van der Waals surface area contributed by atoms with Gasteiger partial charge >= 0.3 is 0 Å². The molecule has 1 amide bonds. The first kappa shape index (κ1) is 20.9. The van der Waals surface area contributed by atoms with E-state index in [1.54, 1.807) is 13.3 Å². The maximum Gasteiger partial charge on any atom is 0.258 e. The van der Waals surface area contributed by atoms with Crippen molar-refractivity contribution in [2.45, 2.75) is 5.75 Å². The lowest BCUT2D eigenvalue weighted by Gasteiger charge is -2.06. The number of aromatic nitrogens is 2. The first-order valence-corrected chi connectivity index (χ1v) is 9.24. The number of amides is 1. The smallest absolute Gasteiger partial charge is 0.258 e. The number of carbonyl (C=O) groups excluding carboxylic acids is 1. The van der Waals surface area contributed by atoms with Crippen molar-refractivity contribution in [3.63, 3.8) is 0 Å². The van der Waals surface area contributed by atoms with E-state index >= 15 is 0 Å². The number of ether oxygens (including phenoxy) is 1. The third-order valence-corrected chi connectivity index (χ3v) is 4.67. The van der Waals surface area contributed by atoms with E-state index in [1.807, 2.05) is 5.38 Å². The number of fused-ring (bicyclic) bond motifs is 1. The highest BCUT2D eigenvalue weighted by atomic mass is 35.5. The van der Waals surface area contributed by atoms with Crippen molar-refractivity contribution in [1.29, 1.82) is 0 Å². The molecule has 0 aliphatic rings. The first-order chi connectivity index (χ1) is 11.2. The molecule has 2 heterocycles. The minimum Gasteiger partial charge on any atom is -0.383 e. The van der Waals surface area contributed by atoms with E-state index in [0.717, 1.165) is 6.54 Å². The summed E-state index contributed by atoms with van der Waals surface area (Å²) in [7, 11) is 1.65. The summed E-state index contributed by atoms with van der Waals surface area (Å²) < 4.78 is 6.43. The molecule has 7 nitrogen and oxygen atoms in total. The van der Waals surface area contributed by atoms with Crippen molar-refractivity contribution in [2.75, 3.05) is 39.1 Å². The van der Waals surface area contributed by atoms with Gasteiger partial charge in [0.2, 0.25) is 5.91 Å². The lowest BCUT2D eigenvalue weighted by Crippen LogP contribution is -2.34. The van der Waals surface area contributed by atoms with Gasteiger partial charge in [0.25, 0.3) is 5.56 Å². The third kappa shape index (κ3) is 6.78. The Morgan fingerprint density at radius 1 is 1.42 bits per heavy atom. The Morgan fingerprint density at radius 3 is 3.04 bits per heavy atom. The number of halogens is 1. The summed E-state index contributed by atoms with van der Waals surface area (Å²) in [4.78, 5) is 28.6. The van der Waals surface area contributed by atoms with Crippen molar-refractivity contribution in [1.82, 2.24) is 20.0 Å². The summed E-state index contributed by atoms with van der Waals surface area (Å²) >= 11 is 2.87. The van der Waals surface area contributed by atoms with Crippen molar-refractivity contribution in [3.05, 3.63) is 33.7 Å². The zero-order valence-corrected chi connectivity index (χ0v) is 15.8. The highest BCUT2D eigenvalue weighted by Gasteiger charge is 2.05. The zero-order chi connectivity index (χ0) is 16.5. The van der Waals surface area contributed by atoms with Crippen molar-refractivity contribution < 1.29 is 9.53 Å². The van der Waals surface area contributed by atoms with Crippen LogP contribution >= 0.6 is 35.5 Å². The summed E-state index contributed by atoms with van der Waals surface area (Å²) in [6.07, 6.45) is 1.71. The van der Waals surface area contributed by atoms with Crippen LogP contribution in [0.3, 0.4) is 0 Å². The van der Waals surface area contributed by atoms with Gasteiger partial charge in [-0.05, 0) is 0 Å². The number of hydrogen-bond acceptors (Lipinski definition) is 7. The van der Waals surface area contributed by atoms with Crippen molar-refractivity contribution in [3.8, 4) is 0 Å². The molecule has 2 aromatic rings. The maximum absolute atomic E-state index is 11.8. The van der Waals surface area contributed by atoms with Crippen molar-refractivity contribution >= 4 is 46.4 Å². The summed E-state index contributed by atoms with van der Waals surface area (Å²) in [5.74, 6) is 0.879. The van der Waals surface area contributed by atoms with E-state index < -0.39 is 0 Å². The molecular formula is C14H21ClN4O3S2. The minimum atomic E-state index is -0.0848. The first-order valence-electron chi connectivity index (χ1n) is 7.20. The molecule has 0 saturated carbocycles. The van der Waals surface area contributed by atoms with Gasteiger partial charge in [0, 0.05) is 50.1 Å². The van der Waals surface area contributed by atoms with Gasteiger partial charge in [-0.3, -0.25) is 14.0 Å². The molecule has 0 aromatic carbocycles. The van der Waals surface area contributed by atoms with E-state index in [-0.39, 0.29) is 23.9 Å². The molecule has 2 aromatic heterocycles. The van der Waals surface area contributed by atoms with E-state index in [1.165, 1.54) is 33.6 Å². The van der Waals surface area contributed by atoms with Gasteiger partial charge in [-0.1, -0.05) is 0 Å². The average molecular weight is 393 g/mol. The molecule has 0 radical (unpaired) electrons. The number of methoxy groups -OCH3 is 1. The highest BCUT2D eigenvalue weighted by Crippen LogP contribution is 2.12. The molecule has 0 saturated heterocycles. The summed E-state index contributed by atoms with van der Waals surface area (Å²) in [6.45, 7) is 2.73. The SMILES string of the molecule is COCCNCCNC(=O)CSCc1cc(=O)n2ccsc2n1.Cl. The van der Waals surface area contributed by atoms with Crippen LogP contribution in [0.2, 0.25) is 0 Å². The monoisotopic (exact) mass is 392 g/mol. The Morgan fingerprint density at radius 2 is 2.25 bits per heavy atom. The zero-order valence-electron chi connectivity index (χ0n) is 13.3. The van der Waals surface area contributed by atoms with Gasteiger partial charge in [0.1, 0.15) is 0 Å². The average Bonchev–Trinajstić information content (AvgIpc) is 3.00. The normalized spacial score (nSPS) is 10.5. The molecule has 2 N–H and O–H groups in total. The van der Waals surface area contributed by atoms with Crippen molar-refractivity contribution in [2.24, 2.45) is 0 Å². The highest BCUT2D eigenvalue weighted by molar-refractivity contribution is 7.99. The van der Waals surface area contributed by atoms with Crippen LogP contribution in [0.1, 0.15) is 5.69 Å². The predicted molar refractivity (Wildman–Crippen MR) is 101 cm³/mol. The molecular weight excluding hydrogens is 372 g/mol.